The molecule has 0 spiro atoms. The third kappa shape index (κ3) is 7.66. The van der Waals surface area contributed by atoms with Crippen LogP contribution in [-0.4, -0.2) is 75.5 Å². The van der Waals surface area contributed by atoms with Crippen molar-refractivity contribution in [3.05, 3.63) is 59.7 Å². The van der Waals surface area contributed by atoms with E-state index in [1.54, 1.807) is 34.1 Å². The van der Waals surface area contributed by atoms with Crippen molar-refractivity contribution in [3.8, 4) is 23.0 Å². The van der Waals surface area contributed by atoms with Crippen molar-refractivity contribution >= 4 is 24.0 Å². The van der Waals surface area contributed by atoms with Crippen LogP contribution in [0.25, 0.3) is 12.2 Å². The Bertz CT molecular complexity index is 1150. The highest BCUT2D eigenvalue weighted by atomic mass is 19.4. The summed E-state index contributed by atoms with van der Waals surface area (Å²) in [6.07, 6.45) is 0.994. The van der Waals surface area contributed by atoms with Gasteiger partial charge in [-0.3, -0.25) is 9.59 Å². The molecule has 0 aromatic heterocycles. The lowest BCUT2D eigenvalue weighted by molar-refractivity contribution is -0.274. The van der Waals surface area contributed by atoms with E-state index in [-0.39, 0.29) is 17.6 Å². The predicted octanol–water partition coefficient (Wildman–Crippen LogP) is 4.01. The Morgan fingerprint density at radius 1 is 0.784 bits per heavy atom. The maximum atomic E-state index is 12.7. The van der Waals surface area contributed by atoms with Gasteiger partial charge < -0.3 is 28.7 Å². The minimum absolute atomic E-state index is 0.210. The van der Waals surface area contributed by atoms with E-state index in [9.17, 15) is 22.8 Å². The normalized spacial score (nSPS) is 14.2. The number of benzene rings is 2. The van der Waals surface area contributed by atoms with Crippen LogP contribution in [0.2, 0.25) is 0 Å². The third-order valence-corrected chi connectivity index (χ3v) is 5.52. The first-order valence-electron chi connectivity index (χ1n) is 11.2. The van der Waals surface area contributed by atoms with E-state index in [1.165, 1.54) is 57.8 Å². The zero-order valence-corrected chi connectivity index (χ0v) is 20.6. The summed E-state index contributed by atoms with van der Waals surface area (Å²) in [5.41, 5.74) is 1.08. The Balaban J connectivity index is 1.56. The van der Waals surface area contributed by atoms with Crippen LogP contribution in [-0.2, 0) is 9.59 Å². The number of nitrogens with zero attached hydrogens (tertiary/aromatic N) is 2. The third-order valence-electron chi connectivity index (χ3n) is 5.52. The zero-order chi connectivity index (χ0) is 27.0. The van der Waals surface area contributed by atoms with Gasteiger partial charge in [0, 0.05) is 38.3 Å². The highest BCUT2D eigenvalue weighted by Crippen LogP contribution is 2.38. The lowest BCUT2D eigenvalue weighted by Crippen LogP contribution is -2.49. The number of piperazine rings is 1. The first-order valence-corrected chi connectivity index (χ1v) is 11.2. The number of methoxy groups -OCH3 is 3. The Morgan fingerprint density at radius 2 is 1.30 bits per heavy atom. The van der Waals surface area contributed by atoms with Crippen molar-refractivity contribution in [2.45, 2.75) is 6.36 Å². The molecule has 0 saturated carbocycles. The lowest BCUT2D eigenvalue weighted by atomic mass is 10.1. The summed E-state index contributed by atoms with van der Waals surface area (Å²) >= 11 is 0. The number of alkyl halides is 3. The molecule has 11 heteroatoms. The molecule has 0 aliphatic carbocycles. The van der Waals surface area contributed by atoms with Gasteiger partial charge in [0.1, 0.15) is 5.75 Å². The van der Waals surface area contributed by atoms with Crippen molar-refractivity contribution in [2.75, 3.05) is 47.5 Å². The second-order valence-corrected chi connectivity index (χ2v) is 7.90. The topological polar surface area (TPSA) is 77.5 Å². The van der Waals surface area contributed by atoms with Crippen molar-refractivity contribution in [3.63, 3.8) is 0 Å². The molecule has 37 heavy (non-hydrogen) atoms. The van der Waals surface area contributed by atoms with Gasteiger partial charge in [-0.1, -0.05) is 12.1 Å². The minimum Gasteiger partial charge on any atom is -0.493 e. The molecule has 1 fully saturated rings. The number of hydrogen-bond donors (Lipinski definition) is 0. The number of carbonyl (C=O) groups is 2. The molecular weight excluding hydrogens is 493 g/mol. The van der Waals surface area contributed by atoms with Crippen LogP contribution in [0.1, 0.15) is 11.1 Å². The van der Waals surface area contributed by atoms with Gasteiger partial charge in [-0.15, -0.1) is 13.2 Å². The van der Waals surface area contributed by atoms with Crippen LogP contribution in [0.5, 0.6) is 23.0 Å². The molecule has 1 heterocycles. The van der Waals surface area contributed by atoms with Crippen molar-refractivity contribution in [1.82, 2.24) is 9.80 Å². The van der Waals surface area contributed by atoms with Crippen molar-refractivity contribution < 1.29 is 41.7 Å². The number of hydrogen-bond acceptors (Lipinski definition) is 6. The summed E-state index contributed by atoms with van der Waals surface area (Å²) in [5.74, 6) is 0.502. The molecule has 3 rings (SSSR count). The first kappa shape index (κ1) is 27.4. The van der Waals surface area contributed by atoms with Gasteiger partial charge >= 0.3 is 6.36 Å². The van der Waals surface area contributed by atoms with Crippen LogP contribution in [0.15, 0.2) is 48.6 Å². The summed E-state index contributed by atoms with van der Waals surface area (Å²) in [5, 5.41) is 0. The second kappa shape index (κ2) is 12.2. The fourth-order valence-corrected chi connectivity index (χ4v) is 3.71. The number of ether oxygens (including phenoxy) is 4. The van der Waals surface area contributed by atoms with Gasteiger partial charge in [-0.25, -0.2) is 0 Å². The van der Waals surface area contributed by atoms with E-state index >= 15 is 0 Å². The molecule has 0 N–H and O–H groups in total. The van der Waals surface area contributed by atoms with E-state index in [2.05, 4.69) is 4.74 Å². The average Bonchev–Trinajstić information content (AvgIpc) is 2.88. The minimum atomic E-state index is -4.79. The molecule has 1 aliphatic heterocycles. The fraction of sp³-hybridized carbons (Fsp3) is 0.308. The Morgan fingerprint density at radius 3 is 1.76 bits per heavy atom. The number of halogens is 3. The SMILES string of the molecule is COc1cc(/C=C/C(=O)N2CCN(C(=O)/C=C/c3cccc(OC(F)(F)F)c3)CC2)cc(OC)c1OC. The molecule has 0 radical (unpaired) electrons. The molecule has 8 nitrogen and oxygen atoms in total. The second-order valence-electron chi connectivity index (χ2n) is 7.90. The average molecular weight is 521 g/mol. The number of rotatable bonds is 8. The maximum Gasteiger partial charge on any atom is 0.573 e. The first-order chi connectivity index (χ1) is 17.6. The number of amides is 2. The lowest BCUT2D eigenvalue weighted by Gasteiger charge is -2.33. The Hall–Kier alpha value is -4.15. The molecular formula is C26H27F3N2O6. The predicted molar refractivity (Wildman–Crippen MR) is 130 cm³/mol. The molecule has 0 atom stereocenters. The Kier molecular flexibility index (Phi) is 9.05. The molecule has 1 aliphatic rings. The molecule has 1 saturated heterocycles. The van der Waals surface area contributed by atoms with Crippen LogP contribution in [0.3, 0.4) is 0 Å². The largest absolute Gasteiger partial charge is 0.573 e. The molecule has 2 amide bonds. The summed E-state index contributed by atoms with van der Waals surface area (Å²) < 4.78 is 57.0. The smallest absolute Gasteiger partial charge is 0.493 e. The fourth-order valence-electron chi connectivity index (χ4n) is 3.71. The van der Waals surface area contributed by atoms with E-state index < -0.39 is 6.36 Å². The van der Waals surface area contributed by atoms with Crippen LogP contribution in [0, 0.1) is 0 Å². The van der Waals surface area contributed by atoms with Gasteiger partial charge in [-0.05, 0) is 47.5 Å². The van der Waals surface area contributed by atoms with E-state index in [1.807, 2.05) is 0 Å². The summed E-state index contributed by atoms with van der Waals surface area (Å²) in [7, 11) is 4.52. The van der Waals surface area contributed by atoms with Gasteiger partial charge in [0.15, 0.2) is 11.5 Å². The van der Waals surface area contributed by atoms with Crippen LogP contribution >= 0.6 is 0 Å². The summed E-state index contributed by atoms with van der Waals surface area (Å²) in [4.78, 5) is 28.4. The van der Waals surface area contributed by atoms with Gasteiger partial charge in [0.25, 0.3) is 0 Å². The van der Waals surface area contributed by atoms with Gasteiger partial charge in [0.2, 0.25) is 17.6 Å². The van der Waals surface area contributed by atoms with Crippen molar-refractivity contribution in [2.24, 2.45) is 0 Å². The highest BCUT2D eigenvalue weighted by Gasteiger charge is 2.31. The molecule has 2 aromatic rings. The summed E-state index contributed by atoms with van der Waals surface area (Å²) in [6, 6.07) is 8.77. The van der Waals surface area contributed by atoms with E-state index in [0.717, 1.165) is 0 Å². The van der Waals surface area contributed by atoms with Crippen LogP contribution < -0.4 is 18.9 Å². The monoisotopic (exact) mass is 520 g/mol. The Labute approximate surface area is 212 Å². The summed E-state index contributed by atoms with van der Waals surface area (Å²) in [6.45, 7) is 1.33. The zero-order valence-electron chi connectivity index (χ0n) is 20.6. The molecule has 0 bridgehead atoms. The molecule has 0 unspecified atom stereocenters. The van der Waals surface area contributed by atoms with E-state index in [4.69, 9.17) is 14.2 Å². The van der Waals surface area contributed by atoms with Gasteiger partial charge in [0.05, 0.1) is 21.3 Å². The number of carbonyl (C=O) groups excluding carboxylic acids is 2. The van der Waals surface area contributed by atoms with Crippen LogP contribution in [0.4, 0.5) is 13.2 Å². The standard InChI is InChI=1S/C26H27F3N2O6/c1-34-21-16-19(17-22(35-2)25(21)36-3)8-10-24(33)31-13-11-30(12-14-31)23(32)9-7-18-5-4-6-20(15-18)37-26(27,28)29/h4-10,15-17H,11-14H2,1-3H3/b9-7+,10-8+. The van der Waals surface area contributed by atoms with Gasteiger partial charge in [-0.2, -0.15) is 0 Å². The van der Waals surface area contributed by atoms with E-state index in [0.29, 0.717) is 54.6 Å². The highest BCUT2D eigenvalue weighted by molar-refractivity contribution is 5.93. The molecule has 198 valence electrons. The quantitative estimate of drug-likeness (QED) is 0.490. The maximum absolute atomic E-state index is 12.7. The van der Waals surface area contributed by atoms with Crippen molar-refractivity contribution in [1.29, 1.82) is 0 Å². The molecule has 2 aromatic carbocycles.